The number of rotatable bonds is 7. The lowest BCUT2D eigenvalue weighted by molar-refractivity contribution is -0.118. The molecule has 2 amide bonds. The Morgan fingerprint density at radius 2 is 1.89 bits per heavy atom. The second-order valence-electron chi connectivity index (χ2n) is 8.88. The Kier molecular flexibility index (Phi) is 7.85. The molecule has 0 spiro atoms. The van der Waals surface area contributed by atoms with Gasteiger partial charge in [-0.05, 0) is 48.9 Å². The van der Waals surface area contributed by atoms with E-state index in [1.54, 1.807) is 11.0 Å². The first kappa shape index (κ1) is 26.1. The maximum atomic E-state index is 13.2. The van der Waals surface area contributed by atoms with Crippen LogP contribution in [0.25, 0.3) is 0 Å². The van der Waals surface area contributed by atoms with Crippen LogP contribution in [0.4, 0.5) is 10.2 Å². The summed E-state index contributed by atoms with van der Waals surface area (Å²) in [6.07, 6.45) is 0. The quantitative estimate of drug-likeness (QED) is 0.266. The molecule has 1 atom stereocenters. The van der Waals surface area contributed by atoms with Crippen molar-refractivity contribution in [3.8, 4) is 11.5 Å². The number of ether oxygens (including phenoxy) is 2. The number of carbonyl (C=O) groups is 2. The zero-order chi connectivity index (χ0) is 26.6. The maximum absolute atomic E-state index is 13.2. The summed E-state index contributed by atoms with van der Waals surface area (Å²) in [6, 6.07) is 12.7. The van der Waals surface area contributed by atoms with Crippen LogP contribution in [0.1, 0.15) is 22.8 Å². The number of hydrogen-bond acceptors (Lipinski definition) is 8. The third kappa shape index (κ3) is 6.11. The van der Waals surface area contributed by atoms with E-state index in [9.17, 15) is 14.0 Å². The van der Waals surface area contributed by atoms with Crippen molar-refractivity contribution in [2.24, 2.45) is 0 Å². The topological polar surface area (TPSA) is 96.9 Å². The number of aromatic nitrogens is 2. The van der Waals surface area contributed by atoms with Gasteiger partial charge in [0.05, 0.1) is 5.75 Å². The Bertz CT molecular complexity index is 1350. The van der Waals surface area contributed by atoms with E-state index in [0.717, 1.165) is 5.56 Å². The van der Waals surface area contributed by atoms with Crippen LogP contribution in [0.3, 0.4) is 0 Å². The molecule has 0 bridgehead atoms. The molecule has 3 aromatic rings. The highest BCUT2D eigenvalue weighted by molar-refractivity contribution is 7.99. The van der Waals surface area contributed by atoms with Crippen molar-refractivity contribution in [2.45, 2.75) is 24.7 Å². The van der Waals surface area contributed by atoms with E-state index in [-0.39, 0.29) is 41.4 Å². The van der Waals surface area contributed by atoms with Crippen LogP contribution in [0.2, 0.25) is 5.15 Å². The average molecular weight is 558 g/mol. The van der Waals surface area contributed by atoms with Gasteiger partial charge in [0.2, 0.25) is 12.7 Å². The molecule has 1 aromatic heterocycles. The fourth-order valence-electron chi connectivity index (χ4n) is 4.27. The van der Waals surface area contributed by atoms with Gasteiger partial charge in [-0.2, -0.15) is 0 Å². The van der Waals surface area contributed by atoms with Crippen LogP contribution in [0, 0.1) is 5.82 Å². The number of piperazine rings is 1. The lowest BCUT2D eigenvalue weighted by Crippen LogP contribution is -2.54. The van der Waals surface area contributed by atoms with Crippen molar-refractivity contribution in [3.05, 3.63) is 70.6 Å². The lowest BCUT2D eigenvalue weighted by Gasteiger charge is -2.40. The number of nitrogens with zero attached hydrogens (tertiary/aromatic N) is 4. The Balaban J connectivity index is 1.15. The van der Waals surface area contributed by atoms with Crippen LogP contribution >= 0.6 is 23.4 Å². The molecule has 5 rings (SSSR count). The minimum absolute atomic E-state index is 0.104. The first-order valence-corrected chi connectivity index (χ1v) is 13.4. The minimum atomic E-state index is -0.379. The number of fused-ring (bicyclic) bond motifs is 1. The fraction of sp³-hybridized carbons (Fsp3) is 0.308. The first-order valence-electron chi connectivity index (χ1n) is 12.0. The van der Waals surface area contributed by atoms with Crippen molar-refractivity contribution in [1.82, 2.24) is 20.2 Å². The first-order chi connectivity index (χ1) is 18.4. The van der Waals surface area contributed by atoms with Gasteiger partial charge in [0.1, 0.15) is 16.8 Å². The van der Waals surface area contributed by atoms with E-state index in [0.29, 0.717) is 54.2 Å². The lowest BCUT2D eigenvalue weighted by atomic mass is 10.1. The standard InChI is InChI=1S/C26H25ClFN5O4S/c1-16-13-32(8-9-33(16)25(35)18-3-5-19(28)6-4-18)23-11-22(27)30-26(31-23)38-14-24(34)29-12-17-2-7-20-21(10-17)37-15-36-20/h2-7,10-11,16H,8-9,12-15H2,1H3,(H,29,34). The van der Waals surface area contributed by atoms with Gasteiger partial charge in [-0.3, -0.25) is 9.59 Å². The molecule has 38 heavy (non-hydrogen) atoms. The summed E-state index contributed by atoms with van der Waals surface area (Å²) in [7, 11) is 0. The van der Waals surface area contributed by atoms with Crippen molar-refractivity contribution in [3.63, 3.8) is 0 Å². The maximum Gasteiger partial charge on any atom is 0.254 e. The number of anilines is 1. The molecular formula is C26H25ClFN5O4S. The second kappa shape index (κ2) is 11.4. The van der Waals surface area contributed by atoms with Crippen molar-refractivity contribution in [1.29, 1.82) is 0 Å². The molecule has 1 saturated heterocycles. The van der Waals surface area contributed by atoms with Gasteiger partial charge in [-0.1, -0.05) is 29.4 Å². The highest BCUT2D eigenvalue weighted by atomic mass is 35.5. The molecule has 198 valence electrons. The van der Waals surface area contributed by atoms with Crippen molar-refractivity contribution >= 4 is 41.0 Å². The number of carbonyl (C=O) groups excluding carboxylic acids is 2. The molecular weight excluding hydrogens is 533 g/mol. The van der Waals surface area contributed by atoms with Crippen molar-refractivity contribution < 1.29 is 23.5 Å². The molecule has 0 aliphatic carbocycles. The molecule has 3 heterocycles. The van der Waals surface area contributed by atoms with Gasteiger partial charge in [-0.25, -0.2) is 14.4 Å². The van der Waals surface area contributed by atoms with Crippen LogP contribution in [0.15, 0.2) is 53.7 Å². The largest absolute Gasteiger partial charge is 0.454 e. The van der Waals surface area contributed by atoms with E-state index in [2.05, 4.69) is 15.3 Å². The zero-order valence-electron chi connectivity index (χ0n) is 20.5. The Labute approximate surface area is 228 Å². The van der Waals surface area contributed by atoms with Crippen molar-refractivity contribution in [2.75, 3.05) is 37.1 Å². The van der Waals surface area contributed by atoms with Gasteiger partial charge < -0.3 is 24.6 Å². The van der Waals surface area contributed by atoms with Crippen LogP contribution in [-0.4, -0.2) is 64.9 Å². The fourth-order valence-corrected chi connectivity index (χ4v) is 5.18. The number of thioether (sulfide) groups is 1. The number of amides is 2. The van der Waals surface area contributed by atoms with E-state index in [1.165, 1.54) is 36.0 Å². The van der Waals surface area contributed by atoms with Gasteiger partial charge in [0.15, 0.2) is 16.7 Å². The third-order valence-corrected chi connectivity index (χ3v) is 7.26. The van der Waals surface area contributed by atoms with E-state index >= 15 is 0 Å². The normalized spacial score (nSPS) is 16.4. The smallest absolute Gasteiger partial charge is 0.254 e. The zero-order valence-corrected chi connectivity index (χ0v) is 22.1. The summed E-state index contributed by atoms with van der Waals surface area (Å²) in [5, 5.41) is 3.54. The molecule has 1 unspecified atom stereocenters. The van der Waals surface area contributed by atoms with Gasteiger partial charge in [-0.15, -0.1) is 0 Å². The molecule has 2 aliphatic heterocycles. The summed E-state index contributed by atoms with van der Waals surface area (Å²) in [4.78, 5) is 38.0. The SMILES string of the molecule is CC1CN(c2cc(Cl)nc(SCC(=O)NCc3ccc4c(c3)OCO4)n2)CCN1C(=O)c1ccc(F)cc1. The van der Waals surface area contributed by atoms with E-state index in [1.807, 2.05) is 30.0 Å². The summed E-state index contributed by atoms with van der Waals surface area (Å²) >= 11 is 7.47. The molecule has 1 fully saturated rings. The molecule has 2 aliphatic rings. The molecule has 2 aromatic carbocycles. The summed E-state index contributed by atoms with van der Waals surface area (Å²) < 4.78 is 23.9. The monoisotopic (exact) mass is 557 g/mol. The summed E-state index contributed by atoms with van der Waals surface area (Å²) in [6.45, 7) is 4.08. The highest BCUT2D eigenvalue weighted by Gasteiger charge is 2.29. The van der Waals surface area contributed by atoms with Gasteiger partial charge in [0.25, 0.3) is 5.91 Å². The number of benzene rings is 2. The molecule has 1 N–H and O–H groups in total. The Hall–Kier alpha value is -3.57. The summed E-state index contributed by atoms with van der Waals surface area (Å²) in [5.74, 6) is 1.44. The predicted octanol–water partition coefficient (Wildman–Crippen LogP) is 3.76. The minimum Gasteiger partial charge on any atom is -0.454 e. The Morgan fingerprint density at radius 3 is 2.68 bits per heavy atom. The van der Waals surface area contributed by atoms with Gasteiger partial charge in [0, 0.05) is 43.9 Å². The molecule has 0 saturated carbocycles. The average Bonchev–Trinajstić information content (AvgIpc) is 3.38. The van der Waals surface area contributed by atoms with E-state index < -0.39 is 0 Å². The van der Waals surface area contributed by atoms with Gasteiger partial charge >= 0.3 is 0 Å². The highest BCUT2D eigenvalue weighted by Crippen LogP contribution is 2.32. The van der Waals surface area contributed by atoms with Crippen LogP contribution < -0.4 is 19.7 Å². The molecule has 12 heteroatoms. The number of nitrogens with one attached hydrogen (secondary N) is 1. The number of hydrogen-bond donors (Lipinski definition) is 1. The number of halogens is 2. The second-order valence-corrected chi connectivity index (χ2v) is 10.2. The molecule has 9 nitrogen and oxygen atoms in total. The summed E-state index contributed by atoms with van der Waals surface area (Å²) in [5.41, 5.74) is 1.35. The Morgan fingerprint density at radius 1 is 1.11 bits per heavy atom. The van der Waals surface area contributed by atoms with E-state index in [4.69, 9.17) is 21.1 Å². The van der Waals surface area contributed by atoms with Crippen LogP contribution in [-0.2, 0) is 11.3 Å². The predicted molar refractivity (Wildman–Crippen MR) is 141 cm³/mol. The van der Waals surface area contributed by atoms with Crippen LogP contribution in [0.5, 0.6) is 11.5 Å². The molecule has 0 radical (unpaired) electrons. The third-order valence-electron chi connectivity index (χ3n) is 6.22.